The van der Waals surface area contributed by atoms with Crippen LogP contribution < -0.4 is 0 Å². The van der Waals surface area contributed by atoms with Crippen molar-refractivity contribution in [3.8, 4) is 0 Å². The summed E-state index contributed by atoms with van der Waals surface area (Å²) < 4.78 is 11.0. The molecule has 1 fully saturated rings. The van der Waals surface area contributed by atoms with E-state index in [-0.39, 0.29) is 5.57 Å². The highest BCUT2D eigenvalue weighted by Crippen LogP contribution is 2.38. The van der Waals surface area contributed by atoms with Crippen LogP contribution in [0.5, 0.6) is 0 Å². The lowest BCUT2D eigenvalue weighted by Crippen LogP contribution is -2.42. The highest BCUT2D eigenvalue weighted by atomic mass is 16.6. The molecule has 1 aliphatic carbocycles. The van der Waals surface area contributed by atoms with Crippen molar-refractivity contribution < 1.29 is 29.3 Å². The van der Waals surface area contributed by atoms with E-state index >= 15 is 0 Å². The summed E-state index contributed by atoms with van der Waals surface area (Å²) in [6.45, 7) is 10.3. The molecule has 0 amide bonds. The molecule has 2 N–H and O–H groups in total. The van der Waals surface area contributed by atoms with E-state index in [1.807, 2.05) is 6.92 Å². The standard InChI is InChI=1S/C19H26O6/c1-9(2)18(22)24-14-7-10(3)6-13(20)8-11(4)16(21)17-15(14)12(5)19(23)25-17/h6,8,12-17,20-21H,1,7H2,2-5H3/b10-6+,11-8-/t12-,13?,14-,15+,16+,17-/m0/s1. The SMILES string of the molecule is C=C(C)C(=O)O[C@H]1C/C(C)=C/C(O)/C=C(/C)[C@@H](O)[C@H]2OC(=O)[C@@H](C)[C@@H]21. The molecule has 25 heavy (non-hydrogen) atoms. The second kappa shape index (κ2) is 7.54. The van der Waals surface area contributed by atoms with Crippen molar-refractivity contribution in [1.82, 2.24) is 0 Å². The average Bonchev–Trinajstić information content (AvgIpc) is 2.80. The van der Waals surface area contributed by atoms with E-state index in [1.165, 1.54) is 6.08 Å². The molecule has 0 aromatic heterocycles. The van der Waals surface area contributed by atoms with Crippen molar-refractivity contribution in [2.24, 2.45) is 11.8 Å². The van der Waals surface area contributed by atoms with Gasteiger partial charge in [-0.3, -0.25) is 4.79 Å². The summed E-state index contributed by atoms with van der Waals surface area (Å²) in [5.41, 5.74) is 1.57. The fraction of sp³-hybridized carbons (Fsp3) is 0.579. The van der Waals surface area contributed by atoms with E-state index in [1.54, 1.807) is 26.8 Å². The van der Waals surface area contributed by atoms with E-state index < -0.39 is 48.2 Å². The highest BCUT2D eigenvalue weighted by molar-refractivity contribution is 5.87. The first-order valence-corrected chi connectivity index (χ1v) is 8.40. The third-order valence-corrected chi connectivity index (χ3v) is 4.81. The van der Waals surface area contributed by atoms with Crippen LogP contribution in [-0.4, -0.2) is 46.6 Å². The Hall–Kier alpha value is -1.92. The number of esters is 2. The second-order valence-corrected chi connectivity index (χ2v) is 7.05. The van der Waals surface area contributed by atoms with Crippen LogP contribution in [0.1, 0.15) is 34.1 Å². The van der Waals surface area contributed by atoms with Gasteiger partial charge in [0.15, 0.2) is 0 Å². The van der Waals surface area contributed by atoms with Crippen molar-refractivity contribution in [2.45, 2.75) is 58.5 Å². The third kappa shape index (κ3) is 4.19. The largest absolute Gasteiger partial charge is 0.459 e. The number of hydrogen-bond donors (Lipinski definition) is 2. The fourth-order valence-electron chi connectivity index (χ4n) is 3.42. The summed E-state index contributed by atoms with van der Waals surface area (Å²) in [6.07, 6.45) is 0.0459. The number of aliphatic hydroxyl groups is 2. The van der Waals surface area contributed by atoms with E-state index in [2.05, 4.69) is 6.58 Å². The molecule has 1 unspecified atom stereocenters. The molecule has 0 saturated carbocycles. The number of carbonyl (C=O) groups excluding carboxylic acids is 2. The van der Waals surface area contributed by atoms with Crippen LogP contribution in [0.4, 0.5) is 0 Å². The highest BCUT2D eigenvalue weighted by Gasteiger charge is 2.50. The van der Waals surface area contributed by atoms with E-state index in [0.717, 1.165) is 5.57 Å². The molecule has 1 aliphatic heterocycles. The molecule has 6 atom stereocenters. The minimum atomic E-state index is -1.08. The predicted octanol–water partition coefficient (Wildman–Crippen LogP) is 1.67. The zero-order valence-electron chi connectivity index (χ0n) is 15.1. The number of ether oxygens (including phenoxy) is 2. The Morgan fingerprint density at radius 3 is 2.56 bits per heavy atom. The smallest absolute Gasteiger partial charge is 0.333 e. The molecule has 0 aromatic carbocycles. The predicted molar refractivity (Wildman–Crippen MR) is 91.4 cm³/mol. The van der Waals surface area contributed by atoms with Gasteiger partial charge in [0.25, 0.3) is 0 Å². The van der Waals surface area contributed by atoms with E-state index in [4.69, 9.17) is 9.47 Å². The Kier molecular flexibility index (Phi) is 5.85. The maximum absolute atomic E-state index is 12.1. The lowest BCUT2D eigenvalue weighted by Gasteiger charge is -2.32. The normalized spacial score (nSPS) is 40.0. The summed E-state index contributed by atoms with van der Waals surface area (Å²) in [7, 11) is 0. The molecule has 6 heteroatoms. The maximum atomic E-state index is 12.1. The van der Waals surface area contributed by atoms with Gasteiger partial charge in [-0.1, -0.05) is 31.2 Å². The van der Waals surface area contributed by atoms with Crippen molar-refractivity contribution in [3.05, 3.63) is 35.5 Å². The van der Waals surface area contributed by atoms with E-state index in [0.29, 0.717) is 12.0 Å². The summed E-state index contributed by atoms with van der Waals surface area (Å²) >= 11 is 0. The molecule has 0 bridgehead atoms. The summed E-state index contributed by atoms with van der Waals surface area (Å²) in [4.78, 5) is 24.2. The van der Waals surface area contributed by atoms with Crippen LogP contribution in [0.2, 0.25) is 0 Å². The van der Waals surface area contributed by atoms with Gasteiger partial charge in [0.2, 0.25) is 0 Å². The van der Waals surface area contributed by atoms with Crippen molar-refractivity contribution >= 4 is 11.9 Å². The molecule has 2 aliphatic rings. The molecular formula is C19H26O6. The minimum Gasteiger partial charge on any atom is -0.459 e. The molecule has 138 valence electrons. The number of aliphatic hydroxyl groups excluding tert-OH is 2. The minimum absolute atomic E-state index is 0.254. The quantitative estimate of drug-likeness (QED) is 0.447. The second-order valence-electron chi connectivity index (χ2n) is 7.05. The molecule has 6 nitrogen and oxygen atoms in total. The van der Waals surface area contributed by atoms with Crippen molar-refractivity contribution in [3.63, 3.8) is 0 Å². The first kappa shape index (κ1) is 19.4. The van der Waals surface area contributed by atoms with Gasteiger partial charge in [-0.2, -0.15) is 0 Å². The Morgan fingerprint density at radius 2 is 1.96 bits per heavy atom. The Labute approximate surface area is 147 Å². The van der Waals surface area contributed by atoms with Gasteiger partial charge in [-0.05, 0) is 26.3 Å². The number of rotatable bonds is 2. The van der Waals surface area contributed by atoms with E-state index in [9.17, 15) is 19.8 Å². The Morgan fingerprint density at radius 1 is 1.32 bits per heavy atom. The van der Waals surface area contributed by atoms with Gasteiger partial charge >= 0.3 is 11.9 Å². The van der Waals surface area contributed by atoms with Gasteiger partial charge in [-0.25, -0.2) is 4.79 Å². The number of hydrogen-bond acceptors (Lipinski definition) is 6. The number of fused-ring (bicyclic) bond motifs is 1. The van der Waals surface area contributed by atoms with Gasteiger partial charge in [0.1, 0.15) is 18.3 Å². The van der Waals surface area contributed by atoms with Gasteiger partial charge in [0.05, 0.1) is 12.0 Å². The molecule has 2 rings (SSSR count). The maximum Gasteiger partial charge on any atom is 0.333 e. The molecule has 1 heterocycles. The lowest BCUT2D eigenvalue weighted by molar-refractivity contribution is -0.150. The molecular weight excluding hydrogens is 324 g/mol. The topological polar surface area (TPSA) is 93.1 Å². The van der Waals surface area contributed by atoms with Crippen LogP contribution in [0.15, 0.2) is 35.5 Å². The molecule has 0 aromatic rings. The van der Waals surface area contributed by atoms with Crippen LogP contribution in [-0.2, 0) is 19.1 Å². The summed E-state index contributed by atoms with van der Waals surface area (Å²) in [5.74, 6) is -2.00. The Bertz CT molecular complexity index is 632. The lowest BCUT2D eigenvalue weighted by atomic mass is 9.80. The number of carbonyl (C=O) groups is 2. The molecule has 0 radical (unpaired) electrons. The monoisotopic (exact) mass is 350 g/mol. The van der Waals surface area contributed by atoms with Gasteiger partial charge in [0, 0.05) is 17.9 Å². The van der Waals surface area contributed by atoms with Crippen molar-refractivity contribution in [1.29, 1.82) is 0 Å². The van der Waals surface area contributed by atoms with Crippen molar-refractivity contribution in [2.75, 3.05) is 0 Å². The first-order chi connectivity index (χ1) is 11.6. The zero-order chi connectivity index (χ0) is 18.9. The summed E-state index contributed by atoms with van der Waals surface area (Å²) in [5, 5.41) is 20.7. The van der Waals surface area contributed by atoms with Crippen LogP contribution >= 0.6 is 0 Å². The molecule has 0 spiro atoms. The van der Waals surface area contributed by atoms with Gasteiger partial charge in [-0.15, -0.1) is 0 Å². The van der Waals surface area contributed by atoms with Crippen LogP contribution in [0.25, 0.3) is 0 Å². The zero-order valence-corrected chi connectivity index (χ0v) is 15.1. The fourth-order valence-corrected chi connectivity index (χ4v) is 3.42. The van der Waals surface area contributed by atoms with Crippen LogP contribution in [0, 0.1) is 11.8 Å². The third-order valence-electron chi connectivity index (χ3n) is 4.81. The summed E-state index contributed by atoms with van der Waals surface area (Å²) in [6, 6.07) is 0. The first-order valence-electron chi connectivity index (χ1n) is 8.40. The van der Waals surface area contributed by atoms with Crippen LogP contribution in [0.3, 0.4) is 0 Å². The van der Waals surface area contributed by atoms with Gasteiger partial charge < -0.3 is 19.7 Å². The molecule has 1 saturated heterocycles. The Balaban J connectivity index is 2.46. The average molecular weight is 350 g/mol.